The van der Waals surface area contributed by atoms with Gasteiger partial charge in [0.05, 0.1) is 11.2 Å². The number of nitrogens with one attached hydrogen (secondary N) is 1. The van der Waals surface area contributed by atoms with Crippen molar-refractivity contribution in [3.05, 3.63) is 34.5 Å². The third-order valence-corrected chi connectivity index (χ3v) is 3.98. The number of nitrogens with two attached hydrogens (primary N) is 1. The molecule has 19 heavy (non-hydrogen) atoms. The van der Waals surface area contributed by atoms with Crippen LogP contribution in [0.5, 0.6) is 0 Å². The van der Waals surface area contributed by atoms with Crippen LogP contribution >= 0.6 is 11.3 Å². The fraction of sp³-hybridized carbons (Fsp3) is 0.385. The minimum atomic E-state index is -0.497. The first-order valence-corrected chi connectivity index (χ1v) is 7.00. The lowest BCUT2D eigenvalue weighted by Gasteiger charge is -2.24. The van der Waals surface area contributed by atoms with Gasteiger partial charge in [0.25, 0.3) is 5.91 Å². The van der Waals surface area contributed by atoms with E-state index >= 15 is 0 Å². The lowest BCUT2D eigenvalue weighted by Crippen LogP contribution is -2.41. The summed E-state index contributed by atoms with van der Waals surface area (Å²) in [6.45, 7) is 6.55. The number of thiazole rings is 1. The van der Waals surface area contributed by atoms with Crippen molar-refractivity contribution in [3.8, 4) is 0 Å². The molecule has 0 aliphatic rings. The highest BCUT2D eigenvalue weighted by Crippen LogP contribution is 2.23. The second-order valence-electron chi connectivity index (χ2n) is 4.86. The quantitative estimate of drug-likeness (QED) is 0.900. The number of carbonyl (C=O) groups excluding carboxylic acids is 1. The molecule has 0 aliphatic carbocycles. The van der Waals surface area contributed by atoms with E-state index in [-0.39, 0.29) is 5.91 Å². The average Bonchev–Trinajstić information content (AvgIpc) is 2.96. The minimum absolute atomic E-state index is 0.140. The molecule has 0 saturated carbocycles. The Morgan fingerprint density at radius 1 is 1.58 bits per heavy atom. The van der Waals surface area contributed by atoms with Gasteiger partial charge in [0, 0.05) is 24.3 Å². The predicted octanol–water partition coefficient (Wildman–Crippen LogP) is 2.21. The van der Waals surface area contributed by atoms with Gasteiger partial charge >= 0.3 is 0 Å². The maximum absolute atomic E-state index is 12.3. The standard InChI is InChI=1S/C13H18N4OS/c1-4-17-8-9(14)7-10(17)11(18)16-13(2,3)12-15-5-6-19-12/h5-8H,4,14H2,1-3H3,(H,16,18). The summed E-state index contributed by atoms with van der Waals surface area (Å²) < 4.78 is 1.84. The Hall–Kier alpha value is -1.82. The number of amides is 1. The smallest absolute Gasteiger partial charge is 0.268 e. The van der Waals surface area contributed by atoms with E-state index in [2.05, 4.69) is 10.3 Å². The SMILES string of the molecule is CCn1cc(N)cc1C(=O)NC(C)(C)c1nccs1. The summed E-state index contributed by atoms with van der Waals surface area (Å²) in [5.41, 5.74) is 6.41. The first-order valence-electron chi connectivity index (χ1n) is 6.12. The van der Waals surface area contributed by atoms with Gasteiger partial charge in [-0.2, -0.15) is 0 Å². The lowest BCUT2D eigenvalue weighted by molar-refractivity contribution is 0.0902. The van der Waals surface area contributed by atoms with Gasteiger partial charge in [0.2, 0.25) is 0 Å². The first kappa shape index (κ1) is 13.6. The van der Waals surface area contributed by atoms with Gasteiger partial charge in [-0.05, 0) is 26.8 Å². The van der Waals surface area contributed by atoms with Crippen LogP contribution in [0.25, 0.3) is 0 Å². The Kier molecular flexibility index (Phi) is 3.61. The summed E-state index contributed by atoms with van der Waals surface area (Å²) in [7, 11) is 0. The van der Waals surface area contributed by atoms with Crippen molar-refractivity contribution in [2.75, 3.05) is 5.73 Å². The van der Waals surface area contributed by atoms with Gasteiger partial charge in [-0.25, -0.2) is 4.98 Å². The van der Waals surface area contributed by atoms with Gasteiger partial charge < -0.3 is 15.6 Å². The number of aromatic nitrogens is 2. The van der Waals surface area contributed by atoms with Crippen molar-refractivity contribution in [2.45, 2.75) is 32.9 Å². The zero-order chi connectivity index (χ0) is 14.0. The van der Waals surface area contributed by atoms with Gasteiger partial charge in [-0.3, -0.25) is 4.79 Å². The van der Waals surface area contributed by atoms with Crippen molar-refractivity contribution in [1.29, 1.82) is 0 Å². The lowest BCUT2D eigenvalue weighted by atomic mass is 10.1. The third-order valence-electron chi connectivity index (χ3n) is 2.88. The molecule has 2 rings (SSSR count). The minimum Gasteiger partial charge on any atom is -0.397 e. The zero-order valence-corrected chi connectivity index (χ0v) is 12.1. The van der Waals surface area contributed by atoms with Crippen LogP contribution in [0, 0.1) is 0 Å². The van der Waals surface area contributed by atoms with Gasteiger partial charge in [-0.1, -0.05) is 0 Å². The molecular weight excluding hydrogens is 260 g/mol. The highest BCUT2D eigenvalue weighted by atomic mass is 32.1. The normalized spacial score (nSPS) is 11.5. The monoisotopic (exact) mass is 278 g/mol. The largest absolute Gasteiger partial charge is 0.397 e. The van der Waals surface area contributed by atoms with E-state index < -0.39 is 5.54 Å². The van der Waals surface area contributed by atoms with Crippen LogP contribution in [0.3, 0.4) is 0 Å². The number of hydrogen-bond donors (Lipinski definition) is 2. The molecule has 5 nitrogen and oxygen atoms in total. The first-order chi connectivity index (χ1) is 8.94. The van der Waals surface area contributed by atoms with Crippen molar-refractivity contribution < 1.29 is 4.79 Å². The number of nitrogen functional groups attached to an aromatic ring is 1. The van der Waals surface area contributed by atoms with Crippen molar-refractivity contribution >= 4 is 22.9 Å². The van der Waals surface area contributed by atoms with Crippen LogP contribution in [-0.4, -0.2) is 15.5 Å². The Morgan fingerprint density at radius 2 is 2.32 bits per heavy atom. The molecule has 0 aliphatic heterocycles. The molecule has 0 atom stereocenters. The fourth-order valence-corrected chi connectivity index (χ4v) is 2.64. The molecule has 3 N–H and O–H groups in total. The summed E-state index contributed by atoms with van der Waals surface area (Å²) in [5, 5.41) is 5.77. The molecule has 6 heteroatoms. The van der Waals surface area contributed by atoms with E-state index in [1.165, 1.54) is 11.3 Å². The number of nitrogens with zero attached hydrogens (tertiary/aromatic N) is 2. The van der Waals surface area contributed by atoms with E-state index in [4.69, 9.17) is 5.73 Å². The summed E-state index contributed by atoms with van der Waals surface area (Å²) in [4.78, 5) is 16.6. The molecule has 0 radical (unpaired) electrons. The van der Waals surface area contributed by atoms with Crippen molar-refractivity contribution in [1.82, 2.24) is 14.9 Å². The second-order valence-corrected chi connectivity index (χ2v) is 5.76. The molecule has 0 bridgehead atoms. The van der Waals surface area contributed by atoms with Crippen LogP contribution in [0.4, 0.5) is 5.69 Å². The van der Waals surface area contributed by atoms with Crippen LogP contribution in [0.1, 0.15) is 36.3 Å². The van der Waals surface area contributed by atoms with Crippen LogP contribution in [0.2, 0.25) is 0 Å². The van der Waals surface area contributed by atoms with E-state index in [0.29, 0.717) is 17.9 Å². The van der Waals surface area contributed by atoms with Crippen LogP contribution in [0.15, 0.2) is 23.8 Å². The summed E-state index contributed by atoms with van der Waals surface area (Å²) >= 11 is 1.52. The van der Waals surface area contributed by atoms with Gasteiger partial charge in [0.1, 0.15) is 10.7 Å². The number of rotatable bonds is 4. The second kappa shape index (κ2) is 5.05. The molecule has 1 amide bonds. The van der Waals surface area contributed by atoms with Crippen molar-refractivity contribution in [3.63, 3.8) is 0 Å². The Morgan fingerprint density at radius 3 is 2.89 bits per heavy atom. The predicted molar refractivity (Wildman–Crippen MR) is 77.1 cm³/mol. The fourth-order valence-electron chi connectivity index (χ4n) is 1.92. The van der Waals surface area contributed by atoms with E-state index in [1.54, 1.807) is 18.5 Å². The Bertz CT molecular complexity index is 571. The zero-order valence-electron chi connectivity index (χ0n) is 11.3. The molecule has 0 spiro atoms. The summed E-state index contributed by atoms with van der Waals surface area (Å²) in [6, 6.07) is 1.69. The highest BCUT2D eigenvalue weighted by molar-refractivity contribution is 7.09. The molecule has 0 fully saturated rings. The maximum atomic E-state index is 12.3. The van der Waals surface area contributed by atoms with Crippen molar-refractivity contribution in [2.24, 2.45) is 0 Å². The molecular formula is C13H18N4OS. The Labute approximate surface area is 116 Å². The van der Waals surface area contributed by atoms with E-state index in [1.807, 2.05) is 30.7 Å². The molecule has 0 unspecified atom stereocenters. The van der Waals surface area contributed by atoms with Gasteiger partial charge in [0.15, 0.2) is 0 Å². The molecule has 0 aromatic carbocycles. The number of carbonyl (C=O) groups is 1. The average molecular weight is 278 g/mol. The van der Waals surface area contributed by atoms with Crippen LogP contribution < -0.4 is 11.1 Å². The number of hydrogen-bond acceptors (Lipinski definition) is 4. The van der Waals surface area contributed by atoms with Gasteiger partial charge in [-0.15, -0.1) is 11.3 Å². The number of aryl methyl sites for hydroxylation is 1. The summed E-state index contributed by atoms with van der Waals surface area (Å²) in [6.07, 6.45) is 3.51. The maximum Gasteiger partial charge on any atom is 0.268 e. The summed E-state index contributed by atoms with van der Waals surface area (Å²) in [5.74, 6) is -0.140. The molecule has 102 valence electrons. The molecule has 0 saturated heterocycles. The topological polar surface area (TPSA) is 72.9 Å². The molecule has 2 aromatic heterocycles. The molecule has 2 aromatic rings. The number of anilines is 1. The molecule has 2 heterocycles. The Balaban J connectivity index is 2.21. The van der Waals surface area contributed by atoms with E-state index in [0.717, 1.165) is 5.01 Å². The highest BCUT2D eigenvalue weighted by Gasteiger charge is 2.27. The third kappa shape index (κ3) is 2.78. The van der Waals surface area contributed by atoms with Crippen LogP contribution in [-0.2, 0) is 12.1 Å². The van der Waals surface area contributed by atoms with E-state index in [9.17, 15) is 4.79 Å².